The summed E-state index contributed by atoms with van der Waals surface area (Å²) in [4.78, 5) is 29.0. The first-order chi connectivity index (χ1) is 15.5. The maximum atomic E-state index is 13.0. The van der Waals surface area contributed by atoms with E-state index < -0.39 is 5.41 Å². The highest BCUT2D eigenvalue weighted by molar-refractivity contribution is 7.13. The molecule has 4 rings (SSSR count). The minimum absolute atomic E-state index is 0.000388. The molecular formula is C26H28N2O3S. The second-order valence-corrected chi connectivity index (χ2v) is 9.25. The first-order valence-corrected chi connectivity index (χ1v) is 11.7. The van der Waals surface area contributed by atoms with Crippen molar-refractivity contribution >= 4 is 23.2 Å². The Hall–Kier alpha value is -3.12. The van der Waals surface area contributed by atoms with Crippen LogP contribution in [0.1, 0.15) is 17.5 Å². The lowest BCUT2D eigenvalue weighted by molar-refractivity contribution is -0.132. The Balaban J connectivity index is 1.46. The summed E-state index contributed by atoms with van der Waals surface area (Å²) in [6.07, 6.45) is 1.60. The number of carbonyl (C=O) groups is 2. The van der Waals surface area contributed by atoms with Crippen LogP contribution in [0.15, 0.2) is 66.0 Å². The molecule has 1 N–H and O–H groups in total. The summed E-state index contributed by atoms with van der Waals surface area (Å²) < 4.78 is 5.19. The van der Waals surface area contributed by atoms with Crippen LogP contribution in [0.3, 0.4) is 0 Å². The fourth-order valence-corrected chi connectivity index (χ4v) is 5.14. The van der Waals surface area contributed by atoms with Crippen molar-refractivity contribution in [3.05, 3.63) is 77.2 Å². The quantitative estimate of drug-likeness (QED) is 0.590. The zero-order valence-corrected chi connectivity index (χ0v) is 19.3. The number of hydrogen-bond acceptors (Lipinski definition) is 4. The summed E-state index contributed by atoms with van der Waals surface area (Å²) in [7, 11) is 3.30. The number of nitrogens with one attached hydrogen (secondary N) is 1. The lowest BCUT2D eigenvalue weighted by atomic mass is 9.79. The van der Waals surface area contributed by atoms with E-state index in [-0.39, 0.29) is 11.8 Å². The molecule has 2 amide bonds. The van der Waals surface area contributed by atoms with E-state index in [1.165, 1.54) is 10.4 Å². The number of likely N-dealkylation sites (tertiary alicyclic amines) is 1. The van der Waals surface area contributed by atoms with Crippen molar-refractivity contribution in [2.75, 3.05) is 27.2 Å². The molecule has 1 aliphatic heterocycles. The molecule has 3 aromatic rings. The van der Waals surface area contributed by atoms with Gasteiger partial charge in [-0.25, -0.2) is 0 Å². The van der Waals surface area contributed by atoms with Crippen LogP contribution in [-0.2, 0) is 22.4 Å². The van der Waals surface area contributed by atoms with Gasteiger partial charge in [-0.05, 0) is 53.1 Å². The number of hydrogen-bond donors (Lipinski definition) is 1. The summed E-state index contributed by atoms with van der Waals surface area (Å²) in [6, 6.07) is 20.1. The van der Waals surface area contributed by atoms with Crippen LogP contribution in [0.2, 0.25) is 0 Å². The smallest absolute Gasteiger partial charge is 0.228 e. The number of ether oxygens (including phenoxy) is 1. The van der Waals surface area contributed by atoms with Gasteiger partial charge in [0.15, 0.2) is 0 Å². The fourth-order valence-electron chi connectivity index (χ4n) is 4.41. The van der Waals surface area contributed by atoms with Gasteiger partial charge in [0, 0.05) is 25.0 Å². The monoisotopic (exact) mass is 448 g/mol. The number of methoxy groups -OCH3 is 1. The third kappa shape index (κ3) is 4.70. The standard InChI is InChI=1S/C26H28N2O3S/c1-27-25(30)26(17-20-5-9-21(10-6-20)23-4-3-15-32-23)13-14-28(18-26)24(29)16-19-7-11-22(31-2)12-8-19/h3-12,15H,13-14,16-18H2,1-2H3,(H,27,30). The zero-order valence-electron chi connectivity index (χ0n) is 18.5. The molecule has 0 spiro atoms. The maximum absolute atomic E-state index is 13.0. The third-order valence-electron chi connectivity index (χ3n) is 6.23. The average Bonchev–Trinajstić information content (AvgIpc) is 3.51. The Morgan fingerprint density at radius 2 is 1.78 bits per heavy atom. The number of benzene rings is 2. The number of nitrogens with zero attached hydrogens (tertiary/aromatic N) is 1. The normalized spacial score (nSPS) is 17.9. The number of carbonyl (C=O) groups excluding carboxylic acids is 2. The molecule has 1 aliphatic rings. The van der Waals surface area contributed by atoms with Crippen molar-refractivity contribution in [1.82, 2.24) is 10.2 Å². The summed E-state index contributed by atoms with van der Waals surface area (Å²) in [5, 5.41) is 4.90. The SMILES string of the molecule is CNC(=O)C1(Cc2ccc(-c3cccs3)cc2)CCN(C(=O)Cc2ccc(OC)cc2)C1. The van der Waals surface area contributed by atoms with Crippen LogP contribution in [0, 0.1) is 5.41 Å². The van der Waals surface area contributed by atoms with Crippen LogP contribution in [0.4, 0.5) is 0 Å². The molecule has 1 atom stereocenters. The molecule has 1 unspecified atom stereocenters. The highest BCUT2D eigenvalue weighted by Gasteiger charge is 2.45. The van der Waals surface area contributed by atoms with Crippen LogP contribution in [-0.4, -0.2) is 44.0 Å². The highest BCUT2D eigenvalue weighted by Crippen LogP contribution is 2.36. The van der Waals surface area contributed by atoms with Crippen LogP contribution in [0.5, 0.6) is 5.75 Å². The predicted octanol–water partition coefficient (Wildman–Crippen LogP) is 4.17. The Morgan fingerprint density at radius 3 is 2.41 bits per heavy atom. The summed E-state index contributed by atoms with van der Waals surface area (Å²) in [6.45, 7) is 1.03. The lowest BCUT2D eigenvalue weighted by Crippen LogP contribution is -2.44. The molecule has 0 bridgehead atoms. The molecular weight excluding hydrogens is 420 g/mol. The number of rotatable bonds is 7. The van der Waals surface area contributed by atoms with Crippen molar-refractivity contribution in [3.63, 3.8) is 0 Å². The molecule has 0 radical (unpaired) electrons. The summed E-state index contributed by atoms with van der Waals surface area (Å²) in [5.74, 6) is 0.819. The van der Waals surface area contributed by atoms with Gasteiger partial charge in [-0.15, -0.1) is 11.3 Å². The van der Waals surface area contributed by atoms with Gasteiger partial charge >= 0.3 is 0 Å². The molecule has 2 heterocycles. The zero-order chi connectivity index (χ0) is 22.6. The van der Waals surface area contributed by atoms with Crippen LogP contribution < -0.4 is 10.1 Å². The molecule has 5 nitrogen and oxygen atoms in total. The van der Waals surface area contributed by atoms with Gasteiger partial charge in [0.05, 0.1) is 18.9 Å². The Morgan fingerprint density at radius 1 is 1.06 bits per heavy atom. The molecule has 1 aromatic heterocycles. The molecule has 32 heavy (non-hydrogen) atoms. The summed E-state index contributed by atoms with van der Waals surface area (Å²) in [5.41, 5.74) is 2.63. The van der Waals surface area contributed by atoms with E-state index in [1.54, 1.807) is 25.5 Å². The van der Waals surface area contributed by atoms with Crippen molar-refractivity contribution in [3.8, 4) is 16.2 Å². The molecule has 1 saturated heterocycles. The van der Waals surface area contributed by atoms with Gasteiger partial charge < -0.3 is 15.0 Å². The first-order valence-electron chi connectivity index (χ1n) is 10.8. The molecule has 0 saturated carbocycles. The Labute approximate surface area is 193 Å². The average molecular weight is 449 g/mol. The second kappa shape index (κ2) is 9.57. The third-order valence-corrected chi connectivity index (χ3v) is 7.15. The van der Waals surface area contributed by atoms with E-state index in [0.717, 1.165) is 16.9 Å². The van der Waals surface area contributed by atoms with Gasteiger partial charge in [-0.1, -0.05) is 42.5 Å². The number of thiophene rings is 1. The van der Waals surface area contributed by atoms with Crippen LogP contribution >= 0.6 is 11.3 Å². The molecule has 2 aromatic carbocycles. The van der Waals surface area contributed by atoms with Gasteiger partial charge in [-0.3, -0.25) is 9.59 Å². The van der Waals surface area contributed by atoms with Crippen LogP contribution in [0.25, 0.3) is 10.4 Å². The van der Waals surface area contributed by atoms with Crippen molar-refractivity contribution < 1.29 is 14.3 Å². The van der Waals surface area contributed by atoms with E-state index in [4.69, 9.17) is 4.74 Å². The Kier molecular flexibility index (Phi) is 6.61. The van der Waals surface area contributed by atoms with Crippen molar-refractivity contribution in [2.45, 2.75) is 19.3 Å². The first kappa shape index (κ1) is 22.1. The topological polar surface area (TPSA) is 58.6 Å². The molecule has 166 valence electrons. The van der Waals surface area contributed by atoms with Gasteiger partial charge in [0.1, 0.15) is 5.75 Å². The lowest BCUT2D eigenvalue weighted by Gasteiger charge is -2.28. The predicted molar refractivity (Wildman–Crippen MR) is 128 cm³/mol. The second-order valence-electron chi connectivity index (χ2n) is 8.30. The van der Waals surface area contributed by atoms with E-state index in [9.17, 15) is 9.59 Å². The molecule has 0 aliphatic carbocycles. The van der Waals surface area contributed by atoms with E-state index >= 15 is 0 Å². The number of amides is 2. The minimum atomic E-state index is -0.602. The summed E-state index contributed by atoms with van der Waals surface area (Å²) >= 11 is 1.71. The van der Waals surface area contributed by atoms with Crippen molar-refractivity contribution in [1.29, 1.82) is 0 Å². The molecule has 1 fully saturated rings. The van der Waals surface area contributed by atoms with Gasteiger partial charge in [0.2, 0.25) is 11.8 Å². The highest BCUT2D eigenvalue weighted by atomic mass is 32.1. The molecule has 6 heteroatoms. The largest absolute Gasteiger partial charge is 0.497 e. The van der Waals surface area contributed by atoms with Crippen molar-refractivity contribution in [2.24, 2.45) is 5.41 Å². The van der Waals surface area contributed by atoms with Gasteiger partial charge in [-0.2, -0.15) is 0 Å². The van der Waals surface area contributed by atoms with E-state index in [0.29, 0.717) is 32.4 Å². The van der Waals surface area contributed by atoms with E-state index in [2.05, 4.69) is 41.0 Å². The van der Waals surface area contributed by atoms with E-state index in [1.807, 2.05) is 35.2 Å². The maximum Gasteiger partial charge on any atom is 0.228 e. The Bertz CT molecular complexity index is 1060. The minimum Gasteiger partial charge on any atom is -0.497 e. The fraction of sp³-hybridized carbons (Fsp3) is 0.308. The van der Waals surface area contributed by atoms with Gasteiger partial charge in [0.25, 0.3) is 0 Å².